The van der Waals surface area contributed by atoms with Crippen molar-refractivity contribution in [3.8, 4) is 6.19 Å². The lowest BCUT2D eigenvalue weighted by Gasteiger charge is -1.98. The molecule has 0 saturated carbocycles. The van der Waals surface area contributed by atoms with Gasteiger partial charge < -0.3 is 11.1 Å². The quantitative estimate of drug-likeness (QED) is 0.370. The molecule has 0 saturated heterocycles. The molecule has 0 aromatic heterocycles. The van der Waals surface area contributed by atoms with Gasteiger partial charge in [-0.2, -0.15) is 5.26 Å². The molecule has 0 bridgehead atoms. The standard InChI is InChI=1S/C8H9N3/c9-6-11-5-7-2-1-3-8(10)4-7/h1-4,11H,5,10H2. The maximum Gasteiger partial charge on any atom is 0.176 e. The van der Waals surface area contributed by atoms with Crippen LogP contribution in [0.3, 0.4) is 0 Å². The van der Waals surface area contributed by atoms with E-state index in [2.05, 4.69) is 5.32 Å². The highest BCUT2D eigenvalue weighted by molar-refractivity contribution is 5.40. The molecule has 56 valence electrons. The number of hydrogen-bond acceptors (Lipinski definition) is 3. The highest BCUT2D eigenvalue weighted by Crippen LogP contribution is 2.05. The number of benzene rings is 1. The highest BCUT2D eigenvalue weighted by Gasteiger charge is 1.90. The van der Waals surface area contributed by atoms with Crippen LogP contribution in [0.15, 0.2) is 24.3 Å². The van der Waals surface area contributed by atoms with Gasteiger partial charge in [0.1, 0.15) is 0 Å². The van der Waals surface area contributed by atoms with Crippen LogP contribution in [0.4, 0.5) is 5.69 Å². The number of nitrogens with two attached hydrogens (primary N) is 1. The maximum atomic E-state index is 8.20. The number of nitrogens with zero attached hydrogens (tertiary/aromatic N) is 1. The smallest absolute Gasteiger partial charge is 0.176 e. The third-order valence-corrected chi connectivity index (χ3v) is 1.32. The zero-order chi connectivity index (χ0) is 8.10. The summed E-state index contributed by atoms with van der Waals surface area (Å²) in [6.07, 6.45) is 1.84. The van der Waals surface area contributed by atoms with Gasteiger partial charge in [-0.05, 0) is 17.7 Å². The predicted molar refractivity (Wildman–Crippen MR) is 43.3 cm³/mol. The van der Waals surface area contributed by atoms with Crippen molar-refractivity contribution < 1.29 is 0 Å². The molecule has 0 spiro atoms. The van der Waals surface area contributed by atoms with Crippen LogP contribution in [0.2, 0.25) is 0 Å². The zero-order valence-electron chi connectivity index (χ0n) is 6.04. The third-order valence-electron chi connectivity index (χ3n) is 1.32. The summed E-state index contributed by atoms with van der Waals surface area (Å²) in [5.74, 6) is 0. The minimum Gasteiger partial charge on any atom is -0.399 e. The average molecular weight is 147 g/mol. The van der Waals surface area contributed by atoms with Crippen molar-refractivity contribution in [2.24, 2.45) is 0 Å². The molecule has 0 aliphatic rings. The Balaban J connectivity index is 2.65. The summed E-state index contributed by atoms with van der Waals surface area (Å²) in [6.45, 7) is 0.543. The van der Waals surface area contributed by atoms with Crippen LogP contribution in [0.5, 0.6) is 0 Å². The molecule has 1 rings (SSSR count). The van der Waals surface area contributed by atoms with E-state index in [1.54, 1.807) is 0 Å². The molecule has 0 radical (unpaired) electrons. The molecule has 1 aromatic carbocycles. The fourth-order valence-corrected chi connectivity index (χ4v) is 0.845. The fraction of sp³-hybridized carbons (Fsp3) is 0.125. The Hall–Kier alpha value is -1.69. The number of anilines is 1. The van der Waals surface area contributed by atoms with Crippen molar-refractivity contribution in [3.05, 3.63) is 29.8 Å². The largest absolute Gasteiger partial charge is 0.399 e. The minimum absolute atomic E-state index is 0.543. The van der Waals surface area contributed by atoms with Crippen molar-refractivity contribution >= 4 is 5.69 Å². The Bertz CT molecular complexity index is 275. The van der Waals surface area contributed by atoms with E-state index in [9.17, 15) is 0 Å². The number of nitriles is 1. The molecule has 0 fully saturated rings. The summed E-state index contributed by atoms with van der Waals surface area (Å²) in [5, 5.41) is 10.7. The summed E-state index contributed by atoms with van der Waals surface area (Å²) in [7, 11) is 0. The third kappa shape index (κ3) is 2.18. The SMILES string of the molecule is N#CNCc1cccc(N)c1. The summed E-state index contributed by atoms with van der Waals surface area (Å²) in [6, 6.07) is 7.44. The molecule has 0 aliphatic carbocycles. The van der Waals surface area contributed by atoms with Gasteiger partial charge in [-0.25, -0.2) is 0 Å². The van der Waals surface area contributed by atoms with Crippen LogP contribution < -0.4 is 11.1 Å². The van der Waals surface area contributed by atoms with Crippen molar-refractivity contribution in [1.82, 2.24) is 5.32 Å². The molecule has 0 atom stereocenters. The lowest BCUT2D eigenvalue weighted by molar-refractivity contribution is 0.885. The molecule has 11 heavy (non-hydrogen) atoms. The van der Waals surface area contributed by atoms with Gasteiger partial charge in [-0.15, -0.1) is 0 Å². The van der Waals surface area contributed by atoms with E-state index < -0.39 is 0 Å². The maximum absolute atomic E-state index is 8.20. The van der Waals surface area contributed by atoms with Crippen LogP contribution in [0.25, 0.3) is 0 Å². The van der Waals surface area contributed by atoms with Crippen molar-refractivity contribution in [2.45, 2.75) is 6.54 Å². The summed E-state index contributed by atoms with van der Waals surface area (Å²) in [4.78, 5) is 0. The summed E-state index contributed by atoms with van der Waals surface area (Å²) >= 11 is 0. The first-order valence-corrected chi connectivity index (χ1v) is 3.29. The van der Waals surface area contributed by atoms with Gasteiger partial charge in [0.05, 0.1) is 0 Å². The second kappa shape index (κ2) is 3.47. The van der Waals surface area contributed by atoms with E-state index in [0.717, 1.165) is 11.3 Å². The molecular formula is C8H9N3. The van der Waals surface area contributed by atoms with Gasteiger partial charge in [0.25, 0.3) is 0 Å². The van der Waals surface area contributed by atoms with Crippen LogP contribution >= 0.6 is 0 Å². The van der Waals surface area contributed by atoms with Crippen LogP contribution in [-0.2, 0) is 6.54 Å². The lowest BCUT2D eigenvalue weighted by Crippen LogP contribution is -2.04. The second-order valence-electron chi connectivity index (χ2n) is 2.21. The van der Waals surface area contributed by atoms with E-state index >= 15 is 0 Å². The first-order chi connectivity index (χ1) is 5.33. The molecule has 0 unspecified atom stereocenters. The Morgan fingerprint density at radius 1 is 1.55 bits per heavy atom. The van der Waals surface area contributed by atoms with Gasteiger partial charge in [-0.3, -0.25) is 0 Å². The first kappa shape index (κ1) is 7.42. The van der Waals surface area contributed by atoms with Gasteiger partial charge in [0, 0.05) is 12.2 Å². The molecule has 3 N–H and O–H groups in total. The van der Waals surface area contributed by atoms with Crippen molar-refractivity contribution in [2.75, 3.05) is 5.73 Å². The van der Waals surface area contributed by atoms with Gasteiger partial charge in [0.15, 0.2) is 6.19 Å². The summed E-state index contributed by atoms with van der Waals surface area (Å²) < 4.78 is 0. The van der Waals surface area contributed by atoms with E-state index in [-0.39, 0.29) is 0 Å². The molecule has 3 heteroatoms. The van der Waals surface area contributed by atoms with Crippen molar-refractivity contribution in [3.63, 3.8) is 0 Å². The highest BCUT2D eigenvalue weighted by atomic mass is 14.8. The fourth-order valence-electron chi connectivity index (χ4n) is 0.845. The monoisotopic (exact) mass is 147 g/mol. The van der Waals surface area contributed by atoms with E-state index in [1.165, 1.54) is 0 Å². The van der Waals surface area contributed by atoms with Crippen molar-refractivity contribution in [1.29, 1.82) is 5.26 Å². The number of hydrogen-bond donors (Lipinski definition) is 2. The second-order valence-corrected chi connectivity index (χ2v) is 2.21. The lowest BCUT2D eigenvalue weighted by atomic mass is 10.2. The molecule has 0 amide bonds. The Morgan fingerprint density at radius 2 is 2.36 bits per heavy atom. The minimum atomic E-state index is 0.543. The van der Waals surface area contributed by atoms with Gasteiger partial charge in [0.2, 0.25) is 0 Å². The molecule has 1 aromatic rings. The van der Waals surface area contributed by atoms with E-state index in [4.69, 9.17) is 11.0 Å². The van der Waals surface area contributed by atoms with Gasteiger partial charge in [-0.1, -0.05) is 12.1 Å². The Labute approximate surface area is 65.4 Å². The average Bonchev–Trinajstić information content (AvgIpc) is 2.01. The molecule has 0 aliphatic heterocycles. The normalized spacial score (nSPS) is 8.64. The number of nitrogen functional groups attached to an aromatic ring is 1. The predicted octanol–water partition coefficient (Wildman–Crippen LogP) is 0.839. The van der Waals surface area contributed by atoms with Crippen LogP contribution in [-0.4, -0.2) is 0 Å². The topological polar surface area (TPSA) is 61.8 Å². The van der Waals surface area contributed by atoms with Crippen LogP contribution in [0.1, 0.15) is 5.56 Å². The molecular weight excluding hydrogens is 138 g/mol. The number of rotatable bonds is 2. The Morgan fingerprint density at radius 3 is 3.00 bits per heavy atom. The Kier molecular flexibility index (Phi) is 2.34. The molecule has 0 heterocycles. The van der Waals surface area contributed by atoms with E-state index in [0.29, 0.717) is 6.54 Å². The van der Waals surface area contributed by atoms with Crippen LogP contribution in [0, 0.1) is 11.5 Å². The summed E-state index contributed by atoms with van der Waals surface area (Å²) in [5.41, 5.74) is 7.26. The zero-order valence-corrected chi connectivity index (χ0v) is 6.04. The molecule has 3 nitrogen and oxygen atoms in total. The van der Waals surface area contributed by atoms with E-state index in [1.807, 2.05) is 30.5 Å². The first-order valence-electron chi connectivity index (χ1n) is 3.29. The van der Waals surface area contributed by atoms with Gasteiger partial charge >= 0.3 is 0 Å². The number of nitrogens with one attached hydrogen (secondary N) is 1.